The second-order valence-electron chi connectivity index (χ2n) is 6.93. The average molecular weight is 406 g/mol. The van der Waals surface area contributed by atoms with Crippen LogP contribution in [0.3, 0.4) is 0 Å². The highest BCUT2D eigenvalue weighted by molar-refractivity contribution is 6.01. The molecule has 1 aliphatic rings. The zero-order valence-corrected chi connectivity index (χ0v) is 17.1. The van der Waals surface area contributed by atoms with Crippen LogP contribution in [0.2, 0.25) is 0 Å². The number of nitriles is 1. The van der Waals surface area contributed by atoms with Gasteiger partial charge in [-0.25, -0.2) is 0 Å². The number of hydrogen-bond donors (Lipinski definition) is 1. The van der Waals surface area contributed by atoms with Crippen molar-refractivity contribution in [3.8, 4) is 17.6 Å². The monoisotopic (exact) mass is 406 g/mol. The summed E-state index contributed by atoms with van der Waals surface area (Å²) in [4.78, 5) is 12.4. The lowest BCUT2D eigenvalue weighted by molar-refractivity contribution is -0.117. The molecule has 6 nitrogen and oxygen atoms in total. The first-order valence-corrected chi connectivity index (χ1v) is 10.1. The van der Waals surface area contributed by atoms with Crippen molar-refractivity contribution in [3.63, 3.8) is 0 Å². The standard InChI is InChI=1S/C24H26N2O4/c1-2-28-23-14-19(10-11-22(23)30-17-18-7-4-3-5-8-18)13-20(15-25)24(27)26-16-21-9-6-12-29-21/h3-5,7-8,10-11,13-14,21H,2,6,9,12,16-17H2,1H3,(H,26,27). The Labute approximate surface area is 177 Å². The van der Waals surface area contributed by atoms with E-state index in [0.29, 0.717) is 36.8 Å². The Morgan fingerprint density at radius 1 is 1.23 bits per heavy atom. The van der Waals surface area contributed by atoms with E-state index in [1.54, 1.807) is 24.3 Å². The maximum absolute atomic E-state index is 12.4. The summed E-state index contributed by atoms with van der Waals surface area (Å²) in [5.41, 5.74) is 1.78. The fourth-order valence-corrected chi connectivity index (χ4v) is 3.16. The number of ether oxygens (including phenoxy) is 3. The lowest BCUT2D eigenvalue weighted by Gasteiger charge is -2.13. The van der Waals surface area contributed by atoms with Crippen LogP contribution in [0.5, 0.6) is 11.5 Å². The molecule has 0 spiro atoms. The van der Waals surface area contributed by atoms with Gasteiger partial charge in [-0.3, -0.25) is 4.79 Å². The van der Waals surface area contributed by atoms with Crippen LogP contribution in [-0.4, -0.2) is 31.8 Å². The third-order valence-electron chi connectivity index (χ3n) is 4.70. The normalized spacial score (nSPS) is 16.0. The fourth-order valence-electron chi connectivity index (χ4n) is 3.16. The first-order valence-electron chi connectivity index (χ1n) is 10.1. The first-order chi connectivity index (χ1) is 14.7. The van der Waals surface area contributed by atoms with Gasteiger partial charge in [0.1, 0.15) is 18.2 Å². The SMILES string of the molecule is CCOc1cc(C=C(C#N)C(=O)NCC2CCCO2)ccc1OCc1ccccc1. The third-order valence-corrected chi connectivity index (χ3v) is 4.70. The van der Waals surface area contributed by atoms with Crippen LogP contribution in [0.4, 0.5) is 0 Å². The Bertz CT molecular complexity index is 913. The van der Waals surface area contributed by atoms with Crippen molar-refractivity contribution in [2.45, 2.75) is 32.5 Å². The van der Waals surface area contributed by atoms with E-state index in [0.717, 1.165) is 25.0 Å². The number of rotatable bonds is 9. The molecule has 6 heteroatoms. The van der Waals surface area contributed by atoms with Gasteiger partial charge in [0.15, 0.2) is 11.5 Å². The quantitative estimate of drug-likeness (QED) is 0.505. The van der Waals surface area contributed by atoms with Crippen molar-refractivity contribution >= 4 is 12.0 Å². The highest BCUT2D eigenvalue weighted by Gasteiger charge is 2.18. The van der Waals surface area contributed by atoms with Crippen molar-refractivity contribution in [3.05, 3.63) is 65.2 Å². The van der Waals surface area contributed by atoms with Crippen LogP contribution in [0.15, 0.2) is 54.1 Å². The Morgan fingerprint density at radius 3 is 2.77 bits per heavy atom. The summed E-state index contributed by atoms with van der Waals surface area (Å²) < 4.78 is 17.1. The van der Waals surface area contributed by atoms with Crippen molar-refractivity contribution in [2.24, 2.45) is 0 Å². The minimum atomic E-state index is -0.407. The zero-order chi connectivity index (χ0) is 21.2. The van der Waals surface area contributed by atoms with Crippen LogP contribution >= 0.6 is 0 Å². The van der Waals surface area contributed by atoms with E-state index in [1.807, 2.05) is 43.3 Å². The molecule has 1 saturated heterocycles. The Balaban J connectivity index is 1.69. The Kier molecular flexibility index (Phi) is 7.87. The summed E-state index contributed by atoms with van der Waals surface area (Å²) >= 11 is 0. The molecular weight excluding hydrogens is 380 g/mol. The maximum Gasteiger partial charge on any atom is 0.262 e. The minimum Gasteiger partial charge on any atom is -0.490 e. The van der Waals surface area contributed by atoms with Crippen molar-refractivity contribution in [2.75, 3.05) is 19.8 Å². The van der Waals surface area contributed by atoms with Gasteiger partial charge in [0.2, 0.25) is 0 Å². The summed E-state index contributed by atoms with van der Waals surface area (Å²) in [6.07, 6.45) is 3.50. The molecule has 0 aliphatic carbocycles. The van der Waals surface area contributed by atoms with Gasteiger partial charge in [0.05, 0.1) is 12.7 Å². The molecule has 1 N–H and O–H groups in total. The van der Waals surface area contributed by atoms with Gasteiger partial charge < -0.3 is 19.5 Å². The van der Waals surface area contributed by atoms with E-state index in [4.69, 9.17) is 14.2 Å². The topological polar surface area (TPSA) is 80.6 Å². The molecule has 3 rings (SSSR count). The lowest BCUT2D eigenvalue weighted by Crippen LogP contribution is -2.32. The zero-order valence-electron chi connectivity index (χ0n) is 17.1. The molecule has 2 aromatic carbocycles. The molecular formula is C24H26N2O4. The molecule has 0 aromatic heterocycles. The summed E-state index contributed by atoms with van der Waals surface area (Å²) in [5, 5.41) is 12.2. The van der Waals surface area contributed by atoms with E-state index in [-0.39, 0.29) is 11.7 Å². The van der Waals surface area contributed by atoms with Crippen LogP contribution in [0, 0.1) is 11.3 Å². The molecule has 1 amide bonds. The van der Waals surface area contributed by atoms with Crippen LogP contribution in [0.1, 0.15) is 30.9 Å². The number of carbonyl (C=O) groups excluding carboxylic acids is 1. The summed E-state index contributed by atoms with van der Waals surface area (Å²) in [5.74, 6) is 0.772. The van der Waals surface area contributed by atoms with Gasteiger partial charge >= 0.3 is 0 Å². The molecule has 1 heterocycles. The van der Waals surface area contributed by atoms with Crippen LogP contribution in [0.25, 0.3) is 6.08 Å². The second-order valence-corrected chi connectivity index (χ2v) is 6.93. The van der Waals surface area contributed by atoms with E-state index in [9.17, 15) is 10.1 Å². The number of benzene rings is 2. The average Bonchev–Trinajstić information content (AvgIpc) is 3.30. The van der Waals surface area contributed by atoms with Crippen molar-refractivity contribution in [1.29, 1.82) is 5.26 Å². The van der Waals surface area contributed by atoms with Crippen molar-refractivity contribution < 1.29 is 19.0 Å². The molecule has 1 aliphatic heterocycles. The van der Waals surface area contributed by atoms with Crippen molar-refractivity contribution in [1.82, 2.24) is 5.32 Å². The predicted molar refractivity (Wildman–Crippen MR) is 114 cm³/mol. The highest BCUT2D eigenvalue weighted by Crippen LogP contribution is 2.30. The number of carbonyl (C=O) groups is 1. The Hall–Kier alpha value is -3.30. The van der Waals surface area contributed by atoms with E-state index in [1.165, 1.54) is 0 Å². The molecule has 156 valence electrons. The van der Waals surface area contributed by atoms with E-state index < -0.39 is 5.91 Å². The maximum atomic E-state index is 12.4. The first kappa shape index (κ1) is 21.4. The smallest absolute Gasteiger partial charge is 0.262 e. The molecule has 0 radical (unpaired) electrons. The number of nitrogens with one attached hydrogen (secondary N) is 1. The van der Waals surface area contributed by atoms with E-state index >= 15 is 0 Å². The third kappa shape index (κ3) is 6.10. The number of hydrogen-bond acceptors (Lipinski definition) is 5. The molecule has 30 heavy (non-hydrogen) atoms. The summed E-state index contributed by atoms with van der Waals surface area (Å²) in [6, 6.07) is 17.2. The fraction of sp³-hybridized carbons (Fsp3) is 0.333. The van der Waals surface area contributed by atoms with Gasteiger partial charge in [-0.15, -0.1) is 0 Å². The van der Waals surface area contributed by atoms with Gasteiger partial charge in [-0.05, 0) is 49.1 Å². The second kappa shape index (κ2) is 11.0. The van der Waals surface area contributed by atoms with Crippen LogP contribution < -0.4 is 14.8 Å². The molecule has 0 bridgehead atoms. The Morgan fingerprint density at radius 2 is 2.07 bits per heavy atom. The predicted octanol–water partition coefficient (Wildman–Crippen LogP) is 3.87. The number of nitrogens with zero attached hydrogens (tertiary/aromatic N) is 1. The van der Waals surface area contributed by atoms with Gasteiger partial charge in [0.25, 0.3) is 5.91 Å². The van der Waals surface area contributed by atoms with Gasteiger partial charge in [-0.2, -0.15) is 5.26 Å². The van der Waals surface area contributed by atoms with Crippen LogP contribution in [-0.2, 0) is 16.1 Å². The molecule has 2 aromatic rings. The lowest BCUT2D eigenvalue weighted by atomic mass is 10.1. The molecule has 1 atom stereocenters. The minimum absolute atomic E-state index is 0.0273. The van der Waals surface area contributed by atoms with Gasteiger partial charge in [-0.1, -0.05) is 36.4 Å². The largest absolute Gasteiger partial charge is 0.490 e. The van der Waals surface area contributed by atoms with Gasteiger partial charge in [0, 0.05) is 13.2 Å². The molecule has 1 unspecified atom stereocenters. The molecule has 1 fully saturated rings. The summed E-state index contributed by atoms with van der Waals surface area (Å²) in [6.45, 7) is 3.92. The number of amides is 1. The molecule has 0 saturated carbocycles. The van der Waals surface area contributed by atoms with E-state index in [2.05, 4.69) is 5.32 Å². The summed E-state index contributed by atoms with van der Waals surface area (Å²) in [7, 11) is 0. The highest BCUT2D eigenvalue weighted by atomic mass is 16.5.